The Morgan fingerprint density at radius 1 is 1.48 bits per heavy atom. The minimum Gasteiger partial charge on any atom is -0.459 e. The van der Waals surface area contributed by atoms with Crippen molar-refractivity contribution in [1.29, 1.82) is 0 Å². The highest BCUT2D eigenvalue weighted by molar-refractivity contribution is 5.85. The van der Waals surface area contributed by atoms with Crippen molar-refractivity contribution < 1.29 is 13.6 Å². The summed E-state index contributed by atoms with van der Waals surface area (Å²) in [5.74, 6) is 1.75. The molecule has 0 radical (unpaired) electrons. The number of aromatic nitrogens is 1. The highest BCUT2D eigenvalue weighted by atomic mass is 35.5. The number of rotatable bonds is 3. The molecule has 0 spiro atoms. The number of carbonyl (C=O) groups excluding carboxylic acids is 1. The van der Waals surface area contributed by atoms with Crippen LogP contribution in [0, 0.1) is 6.92 Å². The number of carbonyl (C=O) groups is 1. The van der Waals surface area contributed by atoms with E-state index in [2.05, 4.69) is 17.2 Å². The van der Waals surface area contributed by atoms with Crippen molar-refractivity contribution in [3.8, 4) is 11.7 Å². The molecule has 0 aliphatic carbocycles. The Balaban J connectivity index is 0.00000132. The maximum Gasteiger partial charge on any atom is 0.263 e. The summed E-state index contributed by atoms with van der Waals surface area (Å²) >= 11 is 0. The largest absolute Gasteiger partial charge is 0.459 e. The van der Waals surface area contributed by atoms with Crippen LogP contribution in [-0.2, 0) is 11.2 Å². The van der Waals surface area contributed by atoms with Crippen LogP contribution in [-0.4, -0.2) is 41.5 Å². The summed E-state index contributed by atoms with van der Waals surface area (Å²) in [6.07, 6.45) is 1.84. The van der Waals surface area contributed by atoms with Crippen molar-refractivity contribution >= 4 is 30.7 Å². The minimum absolute atomic E-state index is 0. The van der Waals surface area contributed by atoms with E-state index < -0.39 is 0 Å². The van der Waals surface area contributed by atoms with E-state index >= 15 is 0 Å². The first kappa shape index (κ1) is 19.5. The maximum absolute atomic E-state index is 12.4. The number of oxazole rings is 1. The Kier molecular flexibility index (Phi) is 7.12. The normalized spacial score (nSPS) is 17.3. The van der Waals surface area contributed by atoms with Crippen molar-refractivity contribution in [1.82, 2.24) is 15.2 Å². The average Bonchev–Trinajstić information content (AvgIpc) is 3.09. The van der Waals surface area contributed by atoms with E-state index in [9.17, 15) is 4.79 Å². The van der Waals surface area contributed by atoms with E-state index in [1.165, 1.54) is 0 Å². The minimum atomic E-state index is 0. The Hall–Kier alpha value is -1.50. The smallest absolute Gasteiger partial charge is 0.263 e. The van der Waals surface area contributed by atoms with Gasteiger partial charge in [-0.2, -0.15) is 0 Å². The summed E-state index contributed by atoms with van der Waals surface area (Å²) in [6, 6.07) is 3.90. The van der Waals surface area contributed by atoms with Crippen molar-refractivity contribution in [3.05, 3.63) is 29.9 Å². The van der Waals surface area contributed by atoms with Crippen molar-refractivity contribution in [2.24, 2.45) is 0 Å². The number of amides is 1. The van der Waals surface area contributed by atoms with Crippen LogP contribution < -0.4 is 5.32 Å². The molecule has 1 fully saturated rings. The summed E-state index contributed by atoms with van der Waals surface area (Å²) < 4.78 is 10.8. The van der Waals surface area contributed by atoms with Gasteiger partial charge in [0.25, 0.3) is 5.89 Å². The van der Waals surface area contributed by atoms with Gasteiger partial charge in [0, 0.05) is 25.7 Å². The maximum atomic E-state index is 12.4. The molecule has 1 aliphatic rings. The van der Waals surface area contributed by atoms with Crippen LogP contribution in [0.4, 0.5) is 0 Å². The predicted molar refractivity (Wildman–Crippen MR) is 91.2 cm³/mol. The molecule has 2 aromatic rings. The monoisotopic (exact) mass is 361 g/mol. The average molecular weight is 362 g/mol. The zero-order valence-corrected chi connectivity index (χ0v) is 14.7. The fourth-order valence-electron chi connectivity index (χ4n) is 2.51. The van der Waals surface area contributed by atoms with Crippen molar-refractivity contribution in [2.75, 3.05) is 19.6 Å². The third-order valence-corrected chi connectivity index (χ3v) is 3.66. The van der Waals surface area contributed by atoms with Crippen LogP contribution >= 0.6 is 24.8 Å². The van der Waals surface area contributed by atoms with Crippen LogP contribution in [0.1, 0.15) is 18.4 Å². The van der Waals surface area contributed by atoms with E-state index in [-0.39, 0.29) is 37.1 Å². The Bertz CT molecular complexity index is 628. The SMILES string of the molecule is Cc1oc(-c2ccco2)nc1CC(=O)N1CCNC(C)C1.Cl.Cl. The van der Waals surface area contributed by atoms with Crippen LogP contribution in [0.2, 0.25) is 0 Å². The van der Waals surface area contributed by atoms with Crippen LogP contribution in [0.5, 0.6) is 0 Å². The Morgan fingerprint density at radius 2 is 2.26 bits per heavy atom. The Labute approximate surface area is 147 Å². The molecule has 1 atom stereocenters. The summed E-state index contributed by atoms with van der Waals surface area (Å²) in [4.78, 5) is 18.6. The van der Waals surface area contributed by atoms with Crippen LogP contribution in [0.15, 0.2) is 27.2 Å². The second-order valence-electron chi connectivity index (χ2n) is 5.37. The van der Waals surface area contributed by atoms with Gasteiger partial charge >= 0.3 is 0 Å². The molecule has 1 amide bonds. The first-order valence-electron chi connectivity index (χ1n) is 7.15. The molecule has 0 aromatic carbocycles. The van der Waals surface area contributed by atoms with Gasteiger partial charge in [-0.05, 0) is 26.0 Å². The van der Waals surface area contributed by atoms with Gasteiger partial charge in [-0.3, -0.25) is 4.79 Å². The molecule has 3 rings (SSSR count). The van der Waals surface area contributed by atoms with Crippen LogP contribution in [0.25, 0.3) is 11.7 Å². The Morgan fingerprint density at radius 3 is 2.91 bits per heavy atom. The van der Waals surface area contributed by atoms with E-state index in [1.54, 1.807) is 18.4 Å². The lowest BCUT2D eigenvalue weighted by molar-refractivity contribution is -0.131. The highest BCUT2D eigenvalue weighted by Gasteiger charge is 2.23. The first-order chi connectivity index (χ1) is 10.1. The molecule has 6 nitrogen and oxygen atoms in total. The van der Waals surface area contributed by atoms with Gasteiger partial charge in [0.2, 0.25) is 5.91 Å². The molecular weight excluding hydrogens is 341 g/mol. The molecule has 23 heavy (non-hydrogen) atoms. The lowest BCUT2D eigenvalue weighted by Crippen LogP contribution is -2.51. The number of hydrogen-bond donors (Lipinski definition) is 1. The van der Waals surface area contributed by atoms with Gasteiger partial charge in [0.15, 0.2) is 5.76 Å². The lowest BCUT2D eigenvalue weighted by Gasteiger charge is -2.31. The molecule has 0 saturated carbocycles. The highest BCUT2D eigenvalue weighted by Crippen LogP contribution is 2.22. The van der Waals surface area contributed by atoms with Gasteiger partial charge in [0.1, 0.15) is 5.76 Å². The third kappa shape index (κ3) is 4.50. The van der Waals surface area contributed by atoms with Gasteiger partial charge in [-0.1, -0.05) is 0 Å². The van der Waals surface area contributed by atoms with E-state index in [1.807, 2.05) is 11.8 Å². The number of piperazine rings is 1. The predicted octanol–water partition coefficient (Wildman–Crippen LogP) is 2.45. The lowest BCUT2D eigenvalue weighted by atomic mass is 10.2. The van der Waals surface area contributed by atoms with E-state index in [0.717, 1.165) is 19.6 Å². The van der Waals surface area contributed by atoms with Crippen LogP contribution in [0.3, 0.4) is 0 Å². The summed E-state index contributed by atoms with van der Waals surface area (Å²) in [6.45, 7) is 6.21. The summed E-state index contributed by atoms with van der Waals surface area (Å²) in [5, 5.41) is 3.32. The zero-order chi connectivity index (χ0) is 14.8. The number of nitrogens with zero attached hydrogens (tertiary/aromatic N) is 2. The molecule has 1 unspecified atom stereocenters. The quantitative estimate of drug-likeness (QED) is 0.908. The molecular formula is C15H21Cl2N3O3. The molecule has 1 saturated heterocycles. The molecule has 0 bridgehead atoms. The van der Waals surface area contributed by atoms with E-state index in [0.29, 0.717) is 29.1 Å². The summed E-state index contributed by atoms with van der Waals surface area (Å²) in [7, 11) is 0. The molecule has 1 N–H and O–H groups in total. The number of halogens is 2. The standard InChI is InChI=1S/C15H19N3O3.2ClH/c1-10-9-18(6-5-16-10)14(19)8-12-11(2)21-15(17-12)13-4-3-7-20-13;;/h3-4,7,10,16H,5-6,8-9H2,1-2H3;2*1H. The molecule has 2 aromatic heterocycles. The molecule has 8 heteroatoms. The van der Waals surface area contributed by atoms with Gasteiger partial charge in [-0.25, -0.2) is 4.98 Å². The second-order valence-corrected chi connectivity index (χ2v) is 5.37. The fourth-order valence-corrected chi connectivity index (χ4v) is 2.51. The third-order valence-electron chi connectivity index (χ3n) is 3.66. The van der Waals surface area contributed by atoms with Crippen molar-refractivity contribution in [2.45, 2.75) is 26.3 Å². The molecule has 128 valence electrons. The topological polar surface area (TPSA) is 71.5 Å². The zero-order valence-electron chi connectivity index (χ0n) is 13.1. The fraction of sp³-hybridized carbons (Fsp3) is 0.467. The second kappa shape index (κ2) is 8.38. The first-order valence-corrected chi connectivity index (χ1v) is 7.15. The summed E-state index contributed by atoms with van der Waals surface area (Å²) in [5.41, 5.74) is 0.678. The number of hydrogen-bond acceptors (Lipinski definition) is 5. The number of nitrogens with one attached hydrogen (secondary N) is 1. The van der Waals surface area contributed by atoms with E-state index in [4.69, 9.17) is 8.83 Å². The van der Waals surface area contributed by atoms with Gasteiger partial charge < -0.3 is 19.1 Å². The molecule has 3 heterocycles. The molecule has 1 aliphatic heterocycles. The van der Waals surface area contributed by atoms with Gasteiger partial charge in [0.05, 0.1) is 18.4 Å². The number of aryl methyl sites for hydroxylation is 1. The van der Waals surface area contributed by atoms with Crippen molar-refractivity contribution in [3.63, 3.8) is 0 Å². The number of furan rings is 1. The van der Waals surface area contributed by atoms with Gasteiger partial charge in [-0.15, -0.1) is 24.8 Å².